The maximum Gasteiger partial charge on any atom is 0.257 e. The average Bonchev–Trinajstić information content (AvgIpc) is 2.82. The zero-order valence-electron chi connectivity index (χ0n) is 8.73. The molecule has 2 N–H and O–H groups in total. The van der Waals surface area contributed by atoms with Crippen LogP contribution in [-0.2, 0) is 0 Å². The second kappa shape index (κ2) is 4.76. The number of hydrogen-bond acceptors (Lipinski definition) is 4. The summed E-state index contributed by atoms with van der Waals surface area (Å²) in [7, 11) is 1.79. The molecule has 0 unspecified atom stereocenters. The van der Waals surface area contributed by atoms with E-state index in [9.17, 15) is 4.79 Å². The van der Waals surface area contributed by atoms with Gasteiger partial charge in [-0.2, -0.15) is 11.3 Å². The first-order valence-electron chi connectivity index (χ1n) is 4.77. The molecule has 0 aliphatic carbocycles. The Morgan fingerprint density at radius 1 is 1.38 bits per heavy atom. The van der Waals surface area contributed by atoms with E-state index in [-0.39, 0.29) is 5.91 Å². The summed E-state index contributed by atoms with van der Waals surface area (Å²) in [5.41, 5.74) is 1.36. The van der Waals surface area contributed by atoms with Crippen LogP contribution in [0, 0.1) is 0 Å². The predicted molar refractivity (Wildman–Crippen MR) is 66.1 cm³/mol. The molecule has 0 aliphatic heterocycles. The Kier molecular flexibility index (Phi) is 3.16. The molecule has 1 amide bonds. The summed E-state index contributed by atoms with van der Waals surface area (Å²) >= 11 is 1.54. The lowest BCUT2D eigenvalue weighted by Crippen LogP contribution is -2.11. The zero-order valence-corrected chi connectivity index (χ0v) is 9.54. The van der Waals surface area contributed by atoms with Crippen molar-refractivity contribution in [2.24, 2.45) is 0 Å². The molecule has 2 aromatic rings. The van der Waals surface area contributed by atoms with Crippen molar-refractivity contribution >= 4 is 28.7 Å². The summed E-state index contributed by atoms with van der Waals surface area (Å²) in [4.78, 5) is 15.8. The number of carbonyl (C=O) groups is 1. The van der Waals surface area contributed by atoms with Gasteiger partial charge in [0.2, 0.25) is 0 Å². The van der Waals surface area contributed by atoms with Crippen molar-refractivity contribution in [2.75, 3.05) is 17.7 Å². The molecule has 0 aliphatic rings. The highest BCUT2D eigenvalue weighted by atomic mass is 32.1. The van der Waals surface area contributed by atoms with Crippen LogP contribution in [0.4, 0.5) is 11.5 Å². The van der Waals surface area contributed by atoms with Gasteiger partial charge in [-0.1, -0.05) is 0 Å². The van der Waals surface area contributed by atoms with Crippen molar-refractivity contribution < 1.29 is 4.79 Å². The third-order valence-electron chi connectivity index (χ3n) is 2.06. The van der Waals surface area contributed by atoms with Gasteiger partial charge in [-0.15, -0.1) is 0 Å². The molecule has 0 atom stereocenters. The fraction of sp³-hybridized carbons (Fsp3) is 0.0909. The molecular formula is C11H11N3OS. The molecule has 2 heterocycles. The first-order chi connectivity index (χ1) is 7.79. The summed E-state index contributed by atoms with van der Waals surface area (Å²) in [6.45, 7) is 0. The Balaban J connectivity index is 2.09. The van der Waals surface area contributed by atoms with Crippen molar-refractivity contribution in [2.45, 2.75) is 0 Å². The SMILES string of the molecule is CNc1ccc(C(=O)Nc2ccsc2)cn1. The van der Waals surface area contributed by atoms with Gasteiger partial charge in [-0.3, -0.25) is 4.79 Å². The van der Waals surface area contributed by atoms with E-state index in [1.807, 2.05) is 16.8 Å². The van der Waals surface area contributed by atoms with Crippen LogP contribution in [0.3, 0.4) is 0 Å². The molecule has 0 bridgehead atoms. The fourth-order valence-corrected chi connectivity index (χ4v) is 1.80. The Morgan fingerprint density at radius 2 is 2.25 bits per heavy atom. The second-order valence-electron chi connectivity index (χ2n) is 3.15. The van der Waals surface area contributed by atoms with Crippen LogP contribution < -0.4 is 10.6 Å². The maximum absolute atomic E-state index is 11.7. The van der Waals surface area contributed by atoms with Crippen LogP contribution in [-0.4, -0.2) is 17.9 Å². The molecule has 2 rings (SSSR count). The molecule has 0 aromatic carbocycles. The highest BCUT2D eigenvalue weighted by Gasteiger charge is 2.06. The molecular weight excluding hydrogens is 222 g/mol. The lowest BCUT2D eigenvalue weighted by Gasteiger charge is -2.03. The van der Waals surface area contributed by atoms with Gasteiger partial charge >= 0.3 is 0 Å². The summed E-state index contributed by atoms with van der Waals surface area (Å²) in [5, 5.41) is 9.48. The van der Waals surface area contributed by atoms with Gasteiger partial charge in [0.15, 0.2) is 0 Å². The highest BCUT2D eigenvalue weighted by molar-refractivity contribution is 7.08. The largest absolute Gasteiger partial charge is 0.373 e. The molecule has 0 saturated carbocycles. The second-order valence-corrected chi connectivity index (χ2v) is 3.93. The van der Waals surface area contributed by atoms with E-state index in [4.69, 9.17) is 0 Å². The number of hydrogen-bond donors (Lipinski definition) is 2. The predicted octanol–water partition coefficient (Wildman–Crippen LogP) is 2.44. The Labute approximate surface area is 97.3 Å². The number of pyridine rings is 1. The van der Waals surface area contributed by atoms with Crippen molar-refractivity contribution in [3.05, 3.63) is 40.7 Å². The summed E-state index contributed by atoms with van der Waals surface area (Å²) in [6.07, 6.45) is 1.55. The standard InChI is InChI=1S/C11H11N3OS/c1-12-10-3-2-8(6-13-10)11(15)14-9-4-5-16-7-9/h2-7H,1H3,(H,12,13)(H,14,15). The number of rotatable bonds is 3. The Morgan fingerprint density at radius 3 is 2.81 bits per heavy atom. The van der Waals surface area contributed by atoms with Gasteiger partial charge in [-0.05, 0) is 23.6 Å². The number of thiophene rings is 1. The highest BCUT2D eigenvalue weighted by Crippen LogP contribution is 2.13. The maximum atomic E-state index is 11.7. The fourth-order valence-electron chi connectivity index (χ4n) is 1.21. The number of nitrogens with zero attached hydrogens (tertiary/aromatic N) is 1. The minimum absolute atomic E-state index is 0.145. The van der Waals surface area contributed by atoms with Gasteiger partial charge in [0.25, 0.3) is 5.91 Å². The lowest BCUT2D eigenvalue weighted by molar-refractivity contribution is 0.102. The lowest BCUT2D eigenvalue weighted by atomic mass is 10.2. The van der Waals surface area contributed by atoms with Crippen LogP contribution in [0.1, 0.15) is 10.4 Å². The van der Waals surface area contributed by atoms with Crippen molar-refractivity contribution in [3.63, 3.8) is 0 Å². The molecule has 0 spiro atoms. The average molecular weight is 233 g/mol. The number of amides is 1. The summed E-state index contributed by atoms with van der Waals surface area (Å²) in [6, 6.07) is 5.36. The molecule has 4 nitrogen and oxygen atoms in total. The topological polar surface area (TPSA) is 54.0 Å². The first-order valence-corrected chi connectivity index (χ1v) is 5.71. The Hall–Kier alpha value is -1.88. The van der Waals surface area contributed by atoms with Crippen LogP contribution in [0.5, 0.6) is 0 Å². The van der Waals surface area contributed by atoms with Crippen molar-refractivity contribution in [3.8, 4) is 0 Å². The van der Waals surface area contributed by atoms with Gasteiger partial charge in [0, 0.05) is 18.6 Å². The molecule has 5 heteroatoms. The molecule has 0 saturated heterocycles. The number of carbonyl (C=O) groups excluding carboxylic acids is 1. The van der Waals surface area contributed by atoms with Gasteiger partial charge in [0.1, 0.15) is 5.82 Å². The molecule has 82 valence electrons. The van der Waals surface area contributed by atoms with E-state index in [1.54, 1.807) is 36.7 Å². The van der Waals surface area contributed by atoms with E-state index >= 15 is 0 Å². The summed E-state index contributed by atoms with van der Waals surface area (Å²) in [5.74, 6) is 0.598. The third kappa shape index (κ3) is 2.38. The van der Waals surface area contributed by atoms with Crippen LogP contribution in [0.25, 0.3) is 0 Å². The molecule has 2 aromatic heterocycles. The van der Waals surface area contributed by atoms with Crippen LogP contribution >= 0.6 is 11.3 Å². The van der Waals surface area contributed by atoms with E-state index in [0.29, 0.717) is 5.56 Å². The number of aromatic nitrogens is 1. The summed E-state index contributed by atoms with van der Waals surface area (Å²) < 4.78 is 0. The normalized spacial score (nSPS) is 9.81. The first kappa shape index (κ1) is 10.6. The Bertz CT molecular complexity index is 464. The van der Waals surface area contributed by atoms with E-state index in [0.717, 1.165) is 11.5 Å². The smallest absolute Gasteiger partial charge is 0.257 e. The molecule has 0 radical (unpaired) electrons. The van der Waals surface area contributed by atoms with Crippen molar-refractivity contribution in [1.82, 2.24) is 4.98 Å². The van der Waals surface area contributed by atoms with Crippen LogP contribution in [0.2, 0.25) is 0 Å². The van der Waals surface area contributed by atoms with Crippen LogP contribution in [0.15, 0.2) is 35.2 Å². The van der Waals surface area contributed by atoms with E-state index in [2.05, 4.69) is 15.6 Å². The quantitative estimate of drug-likeness (QED) is 0.856. The van der Waals surface area contributed by atoms with E-state index in [1.165, 1.54) is 0 Å². The number of anilines is 2. The van der Waals surface area contributed by atoms with Gasteiger partial charge in [0.05, 0.1) is 11.3 Å². The minimum Gasteiger partial charge on any atom is -0.373 e. The minimum atomic E-state index is -0.145. The molecule has 0 fully saturated rings. The zero-order chi connectivity index (χ0) is 11.4. The number of nitrogens with one attached hydrogen (secondary N) is 2. The third-order valence-corrected chi connectivity index (χ3v) is 2.74. The van der Waals surface area contributed by atoms with Gasteiger partial charge in [-0.25, -0.2) is 4.98 Å². The van der Waals surface area contributed by atoms with E-state index < -0.39 is 0 Å². The molecule has 16 heavy (non-hydrogen) atoms. The van der Waals surface area contributed by atoms with Gasteiger partial charge < -0.3 is 10.6 Å². The van der Waals surface area contributed by atoms with Crippen molar-refractivity contribution in [1.29, 1.82) is 0 Å². The monoisotopic (exact) mass is 233 g/mol.